The first-order valence-electron chi connectivity index (χ1n) is 6.99. The van der Waals surface area contributed by atoms with Gasteiger partial charge in [-0.05, 0) is 31.0 Å². The summed E-state index contributed by atoms with van der Waals surface area (Å²) >= 11 is 0. The average molecular weight is 297 g/mol. The molecule has 112 valence electrons. The molecule has 2 N–H and O–H groups in total. The minimum Gasteiger partial charge on any atom is -0.476 e. The fourth-order valence-corrected chi connectivity index (χ4v) is 2.42. The SMILES string of the molecule is O=C(O)c1ccn(-c2ccccc2NC(=O)C2CC=CC2)n1. The van der Waals surface area contributed by atoms with Crippen LogP contribution in [0.1, 0.15) is 23.3 Å². The first-order valence-corrected chi connectivity index (χ1v) is 6.99. The Bertz CT molecular complexity index is 741. The third-order valence-corrected chi connectivity index (χ3v) is 3.60. The van der Waals surface area contributed by atoms with E-state index >= 15 is 0 Å². The van der Waals surface area contributed by atoms with Gasteiger partial charge in [0.2, 0.25) is 5.91 Å². The predicted molar refractivity (Wildman–Crippen MR) is 81.0 cm³/mol. The monoisotopic (exact) mass is 297 g/mol. The molecule has 1 aromatic heterocycles. The van der Waals surface area contributed by atoms with Crippen molar-refractivity contribution in [2.45, 2.75) is 12.8 Å². The highest BCUT2D eigenvalue weighted by molar-refractivity contribution is 5.95. The molecule has 3 rings (SSSR count). The van der Waals surface area contributed by atoms with Crippen LogP contribution in [0, 0.1) is 5.92 Å². The van der Waals surface area contributed by atoms with Gasteiger partial charge in [-0.3, -0.25) is 4.79 Å². The molecule has 1 aliphatic carbocycles. The average Bonchev–Trinajstić information content (AvgIpc) is 3.19. The van der Waals surface area contributed by atoms with Crippen molar-refractivity contribution in [3.8, 4) is 5.69 Å². The molecule has 6 heteroatoms. The molecule has 0 unspecified atom stereocenters. The van der Waals surface area contributed by atoms with Gasteiger partial charge >= 0.3 is 5.97 Å². The maximum absolute atomic E-state index is 12.2. The van der Waals surface area contributed by atoms with Gasteiger partial charge in [-0.25, -0.2) is 9.48 Å². The Labute approximate surface area is 127 Å². The fourth-order valence-electron chi connectivity index (χ4n) is 2.42. The Hall–Kier alpha value is -2.89. The first kappa shape index (κ1) is 14.1. The van der Waals surface area contributed by atoms with Crippen LogP contribution >= 0.6 is 0 Å². The molecule has 0 radical (unpaired) electrons. The Balaban J connectivity index is 1.85. The number of aromatic nitrogens is 2. The topological polar surface area (TPSA) is 84.2 Å². The minimum absolute atomic E-state index is 0.0388. The van der Waals surface area contributed by atoms with Crippen molar-refractivity contribution < 1.29 is 14.7 Å². The second-order valence-electron chi connectivity index (χ2n) is 5.10. The van der Waals surface area contributed by atoms with Gasteiger partial charge in [-0.2, -0.15) is 5.10 Å². The molecule has 1 aliphatic rings. The lowest BCUT2D eigenvalue weighted by Gasteiger charge is -2.14. The lowest BCUT2D eigenvalue weighted by molar-refractivity contribution is -0.119. The predicted octanol–water partition coefficient (Wildman–Crippen LogP) is 2.48. The van der Waals surface area contributed by atoms with E-state index in [1.165, 1.54) is 10.7 Å². The summed E-state index contributed by atoms with van der Waals surface area (Å²) in [6.45, 7) is 0. The van der Waals surface area contributed by atoms with Crippen molar-refractivity contribution in [1.29, 1.82) is 0 Å². The van der Waals surface area contributed by atoms with Gasteiger partial charge in [0.25, 0.3) is 0 Å². The van der Waals surface area contributed by atoms with E-state index in [1.54, 1.807) is 18.3 Å². The summed E-state index contributed by atoms with van der Waals surface area (Å²) in [5, 5.41) is 15.9. The number of para-hydroxylation sites is 2. The molecule has 22 heavy (non-hydrogen) atoms. The third kappa shape index (κ3) is 2.76. The summed E-state index contributed by atoms with van der Waals surface area (Å²) in [5.74, 6) is -1.17. The number of carboxylic acids is 1. The van der Waals surface area contributed by atoms with Gasteiger partial charge in [-0.1, -0.05) is 24.3 Å². The summed E-state index contributed by atoms with van der Waals surface area (Å²) in [6, 6.07) is 8.60. The number of carbonyl (C=O) groups excluding carboxylic acids is 1. The Kier molecular flexibility index (Phi) is 3.74. The summed E-state index contributed by atoms with van der Waals surface area (Å²) < 4.78 is 1.45. The molecule has 0 saturated carbocycles. The molecule has 0 spiro atoms. The highest BCUT2D eigenvalue weighted by atomic mass is 16.4. The summed E-state index contributed by atoms with van der Waals surface area (Å²) in [4.78, 5) is 23.2. The zero-order chi connectivity index (χ0) is 15.5. The fraction of sp³-hybridized carbons (Fsp3) is 0.188. The second kappa shape index (κ2) is 5.85. The zero-order valence-electron chi connectivity index (χ0n) is 11.8. The number of hydrogen-bond acceptors (Lipinski definition) is 3. The van der Waals surface area contributed by atoms with E-state index in [1.807, 2.05) is 24.3 Å². The van der Waals surface area contributed by atoms with Crippen LogP contribution in [0.2, 0.25) is 0 Å². The number of anilines is 1. The number of aromatic carboxylic acids is 1. The van der Waals surface area contributed by atoms with Gasteiger partial charge in [0, 0.05) is 12.1 Å². The number of rotatable bonds is 4. The number of amides is 1. The van der Waals surface area contributed by atoms with Gasteiger partial charge in [0.1, 0.15) is 0 Å². The van der Waals surface area contributed by atoms with Crippen molar-refractivity contribution in [1.82, 2.24) is 9.78 Å². The quantitative estimate of drug-likeness (QED) is 0.849. The largest absolute Gasteiger partial charge is 0.476 e. The molecular formula is C16H15N3O3. The lowest BCUT2D eigenvalue weighted by atomic mass is 10.1. The molecule has 0 saturated heterocycles. The third-order valence-electron chi connectivity index (χ3n) is 3.60. The molecule has 1 amide bonds. The number of hydrogen-bond donors (Lipinski definition) is 2. The molecule has 0 fully saturated rings. The van der Waals surface area contributed by atoms with Gasteiger partial charge in [-0.15, -0.1) is 0 Å². The van der Waals surface area contributed by atoms with Crippen molar-refractivity contribution in [3.05, 3.63) is 54.4 Å². The highest BCUT2D eigenvalue weighted by Gasteiger charge is 2.20. The molecule has 0 aliphatic heterocycles. The van der Waals surface area contributed by atoms with Gasteiger partial charge in [0.05, 0.1) is 11.4 Å². The number of carboxylic acid groups (broad SMARTS) is 1. The van der Waals surface area contributed by atoms with E-state index in [-0.39, 0.29) is 17.5 Å². The van der Waals surface area contributed by atoms with Crippen LogP contribution in [0.4, 0.5) is 5.69 Å². The van der Waals surface area contributed by atoms with E-state index in [0.29, 0.717) is 11.4 Å². The van der Waals surface area contributed by atoms with Crippen molar-refractivity contribution in [3.63, 3.8) is 0 Å². The number of carbonyl (C=O) groups is 2. The maximum atomic E-state index is 12.2. The van der Waals surface area contributed by atoms with Gasteiger partial charge < -0.3 is 10.4 Å². The number of benzene rings is 1. The zero-order valence-corrected chi connectivity index (χ0v) is 11.8. The first-order chi connectivity index (χ1) is 10.6. The van der Waals surface area contributed by atoms with Crippen LogP contribution in [0.3, 0.4) is 0 Å². The number of nitrogens with zero attached hydrogens (tertiary/aromatic N) is 2. The molecule has 2 aromatic rings. The Morgan fingerprint density at radius 1 is 1.18 bits per heavy atom. The van der Waals surface area contributed by atoms with E-state index in [2.05, 4.69) is 10.4 Å². The molecule has 0 bridgehead atoms. The van der Waals surface area contributed by atoms with Crippen LogP contribution in [-0.2, 0) is 4.79 Å². The van der Waals surface area contributed by atoms with Crippen LogP contribution < -0.4 is 5.32 Å². The summed E-state index contributed by atoms with van der Waals surface area (Å²) in [5.41, 5.74) is 1.20. The minimum atomic E-state index is -1.09. The van der Waals surface area contributed by atoms with E-state index in [0.717, 1.165) is 12.8 Å². The van der Waals surface area contributed by atoms with Crippen molar-refractivity contribution in [2.75, 3.05) is 5.32 Å². The van der Waals surface area contributed by atoms with Crippen molar-refractivity contribution >= 4 is 17.6 Å². The molecule has 0 atom stereocenters. The van der Waals surface area contributed by atoms with Crippen LogP contribution in [0.25, 0.3) is 5.69 Å². The maximum Gasteiger partial charge on any atom is 0.356 e. The standard InChI is InChI=1S/C16H15N3O3/c20-15(11-5-1-2-6-11)17-12-7-3-4-8-14(12)19-10-9-13(18-19)16(21)22/h1-4,7-11H,5-6H2,(H,17,20)(H,21,22). The smallest absolute Gasteiger partial charge is 0.356 e. The lowest BCUT2D eigenvalue weighted by Crippen LogP contribution is -2.21. The van der Waals surface area contributed by atoms with Crippen LogP contribution in [-0.4, -0.2) is 26.8 Å². The highest BCUT2D eigenvalue weighted by Crippen LogP contribution is 2.23. The number of allylic oxidation sites excluding steroid dienone is 2. The molecule has 1 heterocycles. The Morgan fingerprint density at radius 2 is 1.91 bits per heavy atom. The number of nitrogens with one attached hydrogen (secondary N) is 1. The van der Waals surface area contributed by atoms with Gasteiger partial charge in [0.15, 0.2) is 5.69 Å². The van der Waals surface area contributed by atoms with E-state index < -0.39 is 5.97 Å². The second-order valence-corrected chi connectivity index (χ2v) is 5.10. The van der Waals surface area contributed by atoms with E-state index in [4.69, 9.17) is 5.11 Å². The summed E-state index contributed by atoms with van der Waals surface area (Å²) in [7, 11) is 0. The van der Waals surface area contributed by atoms with E-state index in [9.17, 15) is 9.59 Å². The van der Waals surface area contributed by atoms with Crippen LogP contribution in [0.5, 0.6) is 0 Å². The molecule has 1 aromatic carbocycles. The summed E-state index contributed by atoms with van der Waals surface area (Å²) in [6.07, 6.45) is 7.06. The van der Waals surface area contributed by atoms with Crippen molar-refractivity contribution in [2.24, 2.45) is 5.92 Å². The van der Waals surface area contributed by atoms with Crippen LogP contribution in [0.15, 0.2) is 48.7 Å². The normalized spacial score (nSPS) is 14.2. The Morgan fingerprint density at radius 3 is 2.59 bits per heavy atom. The molecular weight excluding hydrogens is 282 g/mol. The molecule has 6 nitrogen and oxygen atoms in total.